The van der Waals surface area contributed by atoms with E-state index in [0.29, 0.717) is 30.5 Å². The van der Waals surface area contributed by atoms with Crippen molar-refractivity contribution >= 4 is 5.91 Å². The van der Waals surface area contributed by atoms with Crippen LogP contribution in [0.2, 0.25) is 0 Å². The Hall–Kier alpha value is -1.59. The summed E-state index contributed by atoms with van der Waals surface area (Å²) in [6.07, 6.45) is 4.55. The first-order chi connectivity index (χ1) is 13.2. The standard InChI is InChI=1S/C22H32N2O3/c1-3-4-13-27-15-20(25)24-14-19(16-5-7-18(26-2)8-6-16)22-21(24)17-9-11-23(22)12-10-17/h5-8,17,19,21-22H,3-4,9-15H2,1-2H3/t19-,21+,22+/m0/s1. The second-order valence-electron chi connectivity index (χ2n) is 8.19. The van der Waals surface area contributed by atoms with Crippen LogP contribution in [0, 0.1) is 5.92 Å². The number of nitrogens with zero attached hydrogens (tertiary/aromatic N) is 2. The third kappa shape index (κ3) is 3.59. The first-order valence-corrected chi connectivity index (χ1v) is 10.5. The molecule has 2 bridgehead atoms. The number of methoxy groups -OCH3 is 1. The van der Waals surface area contributed by atoms with Crippen molar-refractivity contribution in [1.82, 2.24) is 9.80 Å². The van der Waals surface area contributed by atoms with Crippen molar-refractivity contribution in [3.05, 3.63) is 29.8 Å². The van der Waals surface area contributed by atoms with E-state index < -0.39 is 0 Å². The number of hydrogen-bond donors (Lipinski definition) is 0. The molecule has 148 valence electrons. The summed E-state index contributed by atoms with van der Waals surface area (Å²) in [5.74, 6) is 2.08. The normalized spacial score (nSPS) is 31.8. The number of piperidine rings is 3. The van der Waals surface area contributed by atoms with Gasteiger partial charge in [-0.15, -0.1) is 0 Å². The van der Waals surface area contributed by atoms with Gasteiger partial charge in [-0.05, 0) is 56.0 Å². The van der Waals surface area contributed by atoms with Gasteiger partial charge >= 0.3 is 0 Å². The van der Waals surface area contributed by atoms with E-state index in [4.69, 9.17) is 9.47 Å². The van der Waals surface area contributed by atoms with Crippen LogP contribution in [0.4, 0.5) is 0 Å². The van der Waals surface area contributed by atoms with Gasteiger partial charge in [-0.1, -0.05) is 25.5 Å². The van der Waals surface area contributed by atoms with Crippen LogP contribution in [0.25, 0.3) is 0 Å². The Morgan fingerprint density at radius 1 is 1.15 bits per heavy atom. The summed E-state index contributed by atoms with van der Waals surface area (Å²) in [5, 5.41) is 0. The molecule has 0 aliphatic carbocycles. The molecule has 0 radical (unpaired) electrons. The van der Waals surface area contributed by atoms with Gasteiger partial charge < -0.3 is 14.4 Å². The van der Waals surface area contributed by atoms with Crippen LogP contribution in [0.3, 0.4) is 0 Å². The molecule has 5 heteroatoms. The van der Waals surface area contributed by atoms with E-state index in [1.807, 2.05) is 12.1 Å². The predicted molar refractivity (Wildman–Crippen MR) is 105 cm³/mol. The Kier molecular flexibility index (Phi) is 5.69. The lowest BCUT2D eigenvalue weighted by atomic mass is 9.75. The molecule has 0 aromatic heterocycles. The molecule has 1 aromatic carbocycles. The van der Waals surface area contributed by atoms with Gasteiger partial charge in [-0.3, -0.25) is 9.69 Å². The van der Waals surface area contributed by atoms with E-state index >= 15 is 0 Å². The van der Waals surface area contributed by atoms with Crippen molar-refractivity contribution in [3.8, 4) is 5.75 Å². The second-order valence-corrected chi connectivity index (χ2v) is 8.19. The molecule has 3 atom stereocenters. The van der Waals surface area contributed by atoms with Crippen molar-refractivity contribution < 1.29 is 14.3 Å². The highest BCUT2D eigenvalue weighted by atomic mass is 16.5. The molecule has 0 N–H and O–H groups in total. The molecule has 4 aliphatic heterocycles. The van der Waals surface area contributed by atoms with Gasteiger partial charge in [0.2, 0.25) is 5.91 Å². The maximum absolute atomic E-state index is 13.0. The lowest BCUT2D eigenvalue weighted by molar-refractivity contribution is -0.140. The highest BCUT2D eigenvalue weighted by Crippen LogP contribution is 2.46. The maximum Gasteiger partial charge on any atom is 0.248 e. The van der Waals surface area contributed by atoms with E-state index in [9.17, 15) is 4.79 Å². The van der Waals surface area contributed by atoms with Crippen molar-refractivity contribution in [1.29, 1.82) is 0 Å². The zero-order valence-electron chi connectivity index (χ0n) is 16.6. The third-order valence-corrected chi connectivity index (χ3v) is 6.73. The molecule has 4 fully saturated rings. The summed E-state index contributed by atoms with van der Waals surface area (Å²) >= 11 is 0. The van der Waals surface area contributed by atoms with Gasteiger partial charge in [0.25, 0.3) is 0 Å². The van der Waals surface area contributed by atoms with Gasteiger partial charge in [-0.2, -0.15) is 0 Å². The topological polar surface area (TPSA) is 42.0 Å². The van der Waals surface area contributed by atoms with Gasteiger partial charge in [0.05, 0.1) is 13.2 Å². The summed E-state index contributed by atoms with van der Waals surface area (Å²) in [6, 6.07) is 9.23. The maximum atomic E-state index is 13.0. The van der Waals surface area contributed by atoms with E-state index in [-0.39, 0.29) is 12.5 Å². The number of rotatable bonds is 7. The van der Waals surface area contributed by atoms with E-state index in [1.165, 1.54) is 31.5 Å². The van der Waals surface area contributed by atoms with Crippen LogP contribution in [0.15, 0.2) is 24.3 Å². The molecule has 27 heavy (non-hydrogen) atoms. The van der Waals surface area contributed by atoms with Crippen LogP contribution < -0.4 is 4.74 Å². The Labute approximate surface area is 162 Å². The van der Waals surface area contributed by atoms with E-state index in [2.05, 4.69) is 28.9 Å². The SMILES string of the molecule is CCCCOCC(=O)N1C[C@@H](c2ccc(OC)cc2)[C@@H]2[C@H]1C1CCN2CC1. The van der Waals surface area contributed by atoms with Crippen LogP contribution in [0.5, 0.6) is 5.75 Å². The summed E-state index contributed by atoms with van der Waals surface area (Å²) in [7, 11) is 1.70. The first kappa shape index (κ1) is 18.8. The molecule has 5 nitrogen and oxygen atoms in total. The summed E-state index contributed by atoms with van der Waals surface area (Å²) < 4.78 is 11.0. The summed E-state index contributed by atoms with van der Waals surface area (Å²) in [5.41, 5.74) is 1.32. The number of hydrogen-bond acceptors (Lipinski definition) is 4. The number of carbonyl (C=O) groups excluding carboxylic acids is 1. The van der Waals surface area contributed by atoms with Crippen LogP contribution in [0.1, 0.15) is 44.1 Å². The summed E-state index contributed by atoms with van der Waals surface area (Å²) in [4.78, 5) is 17.8. The minimum Gasteiger partial charge on any atom is -0.497 e. The Morgan fingerprint density at radius 2 is 1.89 bits per heavy atom. The quantitative estimate of drug-likeness (QED) is 0.690. The van der Waals surface area contributed by atoms with Gasteiger partial charge in [-0.25, -0.2) is 0 Å². The first-order valence-electron chi connectivity index (χ1n) is 10.5. The number of fused-ring (bicyclic) bond motifs is 2. The van der Waals surface area contributed by atoms with E-state index in [0.717, 1.165) is 25.1 Å². The highest BCUT2D eigenvalue weighted by Gasteiger charge is 2.54. The number of amides is 1. The molecule has 0 unspecified atom stereocenters. The van der Waals surface area contributed by atoms with Crippen molar-refractivity contribution in [2.75, 3.05) is 40.0 Å². The fraction of sp³-hybridized carbons (Fsp3) is 0.682. The Balaban J connectivity index is 1.53. The van der Waals surface area contributed by atoms with Crippen LogP contribution in [-0.4, -0.2) is 67.7 Å². The molecule has 1 aromatic rings. The average Bonchev–Trinajstić information content (AvgIpc) is 3.15. The molecular formula is C22H32N2O3. The molecule has 4 saturated heterocycles. The fourth-order valence-corrected chi connectivity index (χ4v) is 5.34. The van der Waals surface area contributed by atoms with Crippen molar-refractivity contribution in [3.63, 3.8) is 0 Å². The molecule has 4 heterocycles. The number of unbranched alkanes of at least 4 members (excludes halogenated alkanes) is 1. The minimum atomic E-state index is 0.172. The Bertz CT molecular complexity index is 639. The average molecular weight is 373 g/mol. The van der Waals surface area contributed by atoms with Crippen molar-refractivity contribution in [2.45, 2.75) is 50.6 Å². The predicted octanol–water partition coefficient (Wildman–Crippen LogP) is 2.90. The monoisotopic (exact) mass is 372 g/mol. The smallest absolute Gasteiger partial charge is 0.248 e. The molecule has 5 rings (SSSR count). The second kappa shape index (κ2) is 8.19. The van der Waals surface area contributed by atoms with E-state index in [1.54, 1.807) is 7.11 Å². The Morgan fingerprint density at radius 3 is 2.56 bits per heavy atom. The third-order valence-electron chi connectivity index (χ3n) is 6.73. The fourth-order valence-electron chi connectivity index (χ4n) is 5.34. The number of ether oxygens (including phenoxy) is 2. The number of likely N-dealkylation sites (tertiary alicyclic amines) is 1. The lowest BCUT2D eigenvalue weighted by Gasteiger charge is -2.51. The zero-order chi connectivity index (χ0) is 18.8. The number of benzene rings is 1. The van der Waals surface area contributed by atoms with Crippen LogP contribution in [-0.2, 0) is 9.53 Å². The molecule has 0 spiro atoms. The number of carbonyl (C=O) groups is 1. The molecular weight excluding hydrogens is 340 g/mol. The van der Waals surface area contributed by atoms with Gasteiger partial charge in [0.1, 0.15) is 12.4 Å². The molecule has 0 saturated carbocycles. The lowest BCUT2D eigenvalue weighted by Crippen LogP contribution is -2.61. The zero-order valence-corrected chi connectivity index (χ0v) is 16.6. The van der Waals surface area contributed by atoms with Gasteiger partial charge in [0, 0.05) is 25.1 Å². The van der Waals surface area contributed by atoms with Gasteiger partial charge in [0.15, 0.2) is 0 Å². The minimum absolute atomic E-state index is 0.172. The largest absolute Gasteiger partial charge is 0.497 e. The highest BCUT2D eigenvalue weighted by molar-refractivity contribution is 5.78. The van der Waals surface area contributed by atoms with Crippen LogP contribution >= 0.6 is 0 Å². The molecule has 4 aliphatic rings. The summed E-state index contributed by atoms with van der Waals surface area (Å²) in [6.45, 7) is 6.21. The molecule has 1 amide bonds. The van der Waals surface area contributed by atoms with Crippen molar-refractivity contribution in [2.24, 2.45) is 5.92 Å².